The summed E-state index contributed by atoms with van der Waals surface area (Å²) in [5.74, 6) is -1.04. The van der Waals surface area contributed by atoms with E-state index < -0.39 is 5.91 Å². The molecule has 1 fully saturated rings. The molecule has 1 aliphatic heterocycles. The summed E-state index contributed by atoms with van der Waals surface area (Å²) in [5, 5.41) is 9.94. The lowest BCUT2D eigenvalue weighted by molar-refractivity contribution is -0.141. The summed E-state index contributed by atoms with van der Waals surface area (Å²) in [6.07, 6.45) is 0.277. The van der Waals surface area contributed by atoms with Gasteiger partial charge in [-0.25, -0.2) is 0 Å². The molecule has 1 aromatic heterocycles. The van der Waals surface area contributed by atoms with Gasteiger partial charge in [-0.2, -0.15) is 0 Å². The molecule has 0 saturated carbocycles. The van der Waals surface area contributed by atoms with Gasteiger partial charge in [-0.05, 0) is 18.2 Å². The molecule has 3 rings (SSSR count). The fraction of sp³-hybridized carbons (Fsp3) is 0.214. The van der Waals surface area contributed by atoms with Crippen LogP contribution in [0.1, 0.15) is 12.8 Å². The number of imide groups is 1. The molecule has 2 aromatic rings. The number of carbonyl (C=O) groups is 3. The van der Waals surface area contributed by atoms with E-state index >= 15 is 0 Å². The Labute approximate surface area is 139 Å². The van der Waals surface area contributed by atoms with Crippen molar-refractivity contribution in [1.29, 1.82) is 0 Å². The lowest BCUT2D eigenvalue weighted by Crippen LogP contribution is -2.36. The van der Waals surface area contributed by atoms with Crippen molar-refractivity contribution in [1.82, 2.24) is 15.1 Å². The van der Waals surface area contributed by atoms with Crippen LogP contribution < -0.4 is 5.32 Å². The molecule has 3 amide bonds. The third kappa shape index (κ3) is 3.45. The van der Waals surface area contributed by atoms with Crippen LogP contribution in [0.2, 0.25) is 0 Å². The number of carbonyl (C=O) groups excluding carboxylic acids is 3. The molecule has 0 atom stereocenters. The maximum atomic E-state index is 11.9. The number of rotatable bonds is 4. The molecule has 0 radical (unpaired) electrons. The molecule has 0 aliphatic carbocycles. The topological polar surface area (TPSA) is 105 Å². The highest BCUT2D eigenvalue weighted by molar-refractivity contribution is 9.10. The van der Waals surface area contributed by atoms with Crippen LogP contribution in [-0.4, -0.2) is 39.4 Å². The second-order valence-electron chi connectivity index (χ2n) is 4.84. The Hall–Kier alpha value is -2.55. The van der Waals surface area contributed by atoms with Crippen LogP contribution in [-0.2, 0) is 14.4 Å². The fourth-order valence-corrected chi connectivity index (χ4v) is 2.51. The quantitative estimate of drug-likeness (QED) is 0.809. The van der Waals surface area contributed by atoms with Gasteiger partial charge in [0, 0.05) is 22.9 Å². The Morgan fingerprint density at radius 2 is 2.00 bits per heavy atom. The number of nitrogens with zero attached hydrogens (tertiary/aromatic N) is 3. The maximum Gasteiger partial charge on any atom is 0.322 e. The molecule has 1 aromatic carbocycles. The van der Waals surface area contributed by atoms with Crippen molar-refractivity contribution in [3.8, 4) is 11.5 Å². The van der Waals surface area contributed by atoms with Gasteiger partial charge in [-0.15, -0.1) is 5.10 Å². The van der Waals surface area contributed by atoms with Crippen LogP contribution >= 0.6 is 15.9 Å². The molecule has 2 heterocycles. The molecular formula is C14H11BrN4O4. The molecule has 118 valence electrons. The Balaban J connectivity index is 1.66. The Bertz CT molecular complexity index is 773. The van der Waals surface area contributed by atoms with Crippen molar-refractivity contribution in [3.05, 3.63) is 28.7 Å². The number of hydrogen-bond donors (Lipinski definition) is 1. The second-order valence-corrected chi connectivity index (χ2v) is 5.76. The minimum atomic E-state index is -0.571. The summed E-state index contributed by atoms with van der Waals surface area (Å²) in [5.41, 5.74) is 0.692. The highest BCUT2D eigenvalue weighted by atomic mass is 79.9. The summed E-state index contributed by atoms with van der Waals surface area (Å²) in [6.45, 7) is -0.355. The van der Waals surface area contributed by atoms with Crippen LogP contribution in [0.3, 0.4) is 0 Å². The zero-order chi connectivity index (χ0) is 16.4. The van der Waals surface area contributed by atoms with Gasteiger partial charge in [0.15, 0.2) is 0 Å². The van der Waals surface area contributed by atoms with Crippen molar-refractivity contribution < 1.29 is 18.8 Å². The number of aromatic nitrogens is 2. The summed E-state index contributed by atoms with van der Waals surface area (Å²) < 4.78 is 6.20. The van der Waals surface area contributed by atoms with E-state index in [1.165, 1.54) is 0 Å². The molecule has 9 heteroatoms. The normalized spacial score (nSPS) is 14.4. The minimum Gasteiger partial charge on any atom is -0.403 e. The average molecular weight is 379 g/mol. The lowest BCUT2D eigenvalue weighted by Gasteiger charge is -2.11. The van der Waals surface area contributed by atoms with Crippen LogP contribution in [0, 0.1) is 0 Å². The first-order valence-corrected chi connectivity index (χ1v) is 7.55. The van der Waals surface area contributed by atoms with Gasteiger partial charge < -0.3 is 4.42 Å². The van der Waals surface area contributed by atoms with E-state index in [1.54, 1.807) is 12.1 Å². The van der Waals surface area contributed by atoms with E-state index in [0.29, 0.717) is 5.56 Å². The van der Waals surface area contributed by atoms with Gasteiger partial charge in [0.2, 0.25) is 23.6 Å². The summed E-state index contributed by atoms with van der Waals surface area (Å²) in [4.78, 5) is 35.7. The molecule has 8 nitrogen and oxygen atoms in total. The van der Waals surface area contributed by atoms with Gasteiger partial charge >= 0.3 is 6.01 Å². The van der Waals surface area contributed by atoms with Crippen molar-refractivity contribution in [2.75, 3.05) is 11.9 Å². The molecule has 1 aliphatic rings. The molecule has 0 unspecified atom stereocenters. The number of benzene rings is 1. The number of amides is 3. The largest absolute Gasteiger partial charge is 0.403 e. The van der Waals surface area contributed by atoms with Gasteiger partial charge in [0.05, 0.1) is 0 Å². The summed E-state index contributed by atoms with van der Waals surface area (Å²) in [6, 6.07) is 7.15. The highest BCUT2D eigenvalue weighted by Gasteiger charge is 2.30. The van der Waals surface area contributed by atoms with E-state index in [2.05, 4.69) is 31.4 Å². The van der Waals surface area contributed by atoms with Crippen molar-refractivity contribution in [2.24, 2.45) is 0 Å². The van der Waals surface area contributed by atoms with Crippen LogP contribution in [0.25, 0.3) is 11.5 Å². The fourth-order valence-electron chi connectivity index (χ4n) is 2.11. The third-order valence-corrected chi connectivity index (χ3v) is 3.69. The number of hydrogen-bond acceptors (Lipinski definition) is 6. The maximum absolute atomic E-state index is 11.9. The molecule has 1 saturated heterocycles. The Kier molecular flexibility index (Phi) is 4.20. The molecule has 0 spiro atoms. The van der Waals surface area contributed by atoms with Crippen LogP contribution in [0.5, 0.6) is 0 Å². The SMILES string of the molecule is O=C(CN1C(=O)CCC1=O)Nc1nnc(-c2cccc(Br)c2)o1. The molecule has 0 bridgehead atoms. The first kappa shape index (κ1) is 15.3. The first-order chi connectivity index (χ1) is 11.0. The Morgan fingerprint density at radius 1 is 1.26 bits per heavy atom. The Morgan fingerprint density at radius 3 is 2.70 bits per heavy atom. The lowest BCUT2D eigenvalue weighted by atomic mass is 10.2. The van der Waals surface area contributed by atoms with E-state index in [4.69, 9.17) is 4.42 Å². The van der Waals surface area contributed by atoms with Gasteiger partial charge in [0.1, 0.15) is 6.54 Å². The number of likely N-dealkylation sites (tertiary alicyclic amines) is 1. The summed E-state index contributed by atoms with van der Waals surface area (Å²) >= 11 is 3.34. The summed E-state index contributed by atoms with van der Waals surface area (Å²) in [7, 11) is 0. The van der Waals surface area contributed by atoms with E-state index in [-0.39, 0.29) is 43.1 Å². The smallest absolute Gasteiger partial charge is 0.322 e. The van der Waals surface area contributed by atoms with Crippen molar-refractivity contribution in [3.63, 3.8) is 0 Å². The third-order valence-electron chi connectivity index (χ3n) is 3.20. The van der Waals surface area contributed by atoms with E-state index in [1.807, 2.05) is 12.1 Å². The van der Waals surface area contributed by atoms with Crippen LogP contribution in [0.4, 0.5) is 6.01 Å². The van der Waals surface area contributed by atoms with Gasteiger partial charge in [-0.1, -0.05) is 27.1 Å². The predicted molar refractivity (Wildman–Crippen MR) is 82.0 cm³/mol. The zero-order valence-corrected chi connectivity index (χ0v) is 13.4. The van der Waals surface area contributed by atoms with Crippen molar-refractivity contribution >= 4 is 39.7 Å². The standard InChI is InChI=1S/C14H11BrN4O4/c15-9-3-1-2-8(6-9)13-17-18-14(23-13)16-10(20)7-19-11(21)4-5-12(19)22/h1-3,6H,4-5,7H2,(H,16,18,20). The molecule has 23 heavy (non-hydrogen) atoms. The van der Waals surface area contributed by atoms with Crippen molar-refractivity contribution in [2.45, 2.75) is 12.8 Å². The van der Waals surface area contributed by atoms with E-state index in [9.17, 15) is 14.4 Å². The van der Waals surface area contributed by atoms with Gasteiger partial charge in [-0.3, -0.25) is 24.6 Å². The number of anilines is 1. The minimum absolute atomic E-state index is 0.0935. The average Bonchev–Trinajstić information content (AvgIpc) is 3.09. The highest BCUT2D eigenvalue weighted by Crippen LogP contribution is 2.23. The zero-order valence-electron chi connectivity index (χ0n) is 11.8. The monoisotopic (exact) mass is 378 g/mol. The number of nitrogens with one attached hydrogen (secondary N) is 1. The number of halogens is 1. The van der Waals surface area contributed by atoms with Crippen LogP contribution in [0.15, 0.2) is 33.2 Å². The molecule has 1 N–H and O–H groups in total. The second kappa shape index (κ2) is 6.29. The van der Waals surface area contributed by atoms with Gasteiger partial charge in [0.25, 0.3) is 0 Å². The van der Waals surface area contributed by atoms with E-state index in [0.717, 1.165) is 9.37 Å². The predicted octanol–water partition coefficient (Wildman–Crippen LogP) is 1.59. The molecular weight excluding hydrogens is 368 g/mol. The first-order valence-electron chi connectivity index (χ1n) is 6.75.